The molecule has 30 heavy (non-hydrogen) atoms. The topological polar surface area (TPSA) is 65.9 Å². The lowest BCUT2D eigenvalue weighted by molar-refractivity contribution is 0.149. The molecule has 7 nitrogen and oxygen atoms in total. The van der Waals surface area contributed by atoms with E-state index >= 15 is 0 Å². The number of nitrogens with zero attached hydrogens (tertiary/aromatic N) is 6. The predicted octanol–water partition coefficient (Wildman–Crippen LogP) is 3.39. The van der Waals surface area contributed by atoms with Crippen LogP contribution in [0.3, 0.4) is 0 Å². The third kappa shape index (κ3) is 3.60. The van der Waals surface area contributed by atoms with Gasteiger partial charge >= 0.3 is 0 Å². The molecule has 154 valence electrons. The Balaban J connectivity index is 1.54. The van der Waals surface area contributed by atoms with Crippen molar-refractivity contribution in [2.75, 3.05) is 39.8 Å². The number of halogens is 1. The van der Waals surface area contributed by atoms with Gasteiger partial charge in [-0.1, -0.05) is 41.9 Å². The van der Waals surface area contributed by atoms with Gasteiger partial charge in [-0.05, 0) is 19.2 Å². The first kappa shape index (κ1) is 19.2. The maximum Gasteiger partial charge on any atom is 0.182 e. The molecule has 5 rings (SSSR count). The highest BCUT2D eigenvalue weighted by atomic mass is 35.5. The second-order valence-electron chi connectivity index (χ2n) is 7.73. The number of benzene rings is 1. The molecule has 1 fully saturated rings. The minimum Gasteiger partial charge on any atom is -0.360 e. The van der Waals surface area contributed by atoms with E-state index in [9.17, 15) is 0 Å². The van der Waals surface area contributed by atoms with Crippen LogP contribution in [0.2, 0.25) is 5.02 Å². The second kappa shape index (κ2) is 8.18. The van der Waals surface area contributed by atoms with Gasteiger partial charge in [-0.3, -0.25) is 4.90 Å². The molecule has 0 aliphatic carbocycles. The third-order valence-electron chi connectivity index (χ3n) is 5.72. The summed E-state index contributed by atoms with van der Waals surface area (Å²) in [6, 6.07) is 13.9. The van der Waals surface area contributed by atoms with Gasteiger partial charge in [-0.15, -0.1) is 10.2 Å². The fourth-order valence-electron chi connectivity index (χ4n) is 3.93. The minimum absolute atomic E-state index is 0.585. The van der Waals surface area contributed by atoms with Gasteiger partial charge in [0.15, 0.2) is 5.65 Å². The summed E-state index contributed by atoms with van der Waals surface area (Å²) in [7, 11) is 2.17. The Morgan fingerprint density at radius 3 is 2.47 bits per heavy atom. The number of H-pyrrole nitrogens is 1. The quantitative estimate of drug-likeness (QED) is 0.535. The van der Waals surface area contributed by atoms with E-state index in [-0.39, 0.29) is 0 Å². The minimum atomic E-state index is 0.585. The molecular formula is C22H24ClN7. The van der Waals surface area contributed by atoms with Gasteiger partial charge < -0.3 is 9.88 Å². The smallest absolute Gasteiger partial charge is 0.182 e. The highest BCUT2D eigenvalue weighted by molar-refractivity contribution is 6.38. The second-order valence-corrected chi connectivity index (χ2v) is 8.11. The molecule has 1 N–H and O–H groups in total. The molecule has 4 heterocycles. The zero-order chi connectivity index (χ0) is 20.5. The Morgan fingerprint density at radius 2 is 1.73 bits per heavy atom. The van der Waals surface area contributed by atoms with Crippen LogP contribution < -0.4 is 0 Å². The van der Waals surface area contributed by atoms with Crippen molar-refractivity contribution in [2.45, 2.75) is 6.54 Å². The van der Waals surface area contributed by atoms with Gasteiger partial charge in [0.2, 0.25) is 0 Å². The number of aromatic nitrogens is 5. The van der Waals surface area contributed by atoms with E-state index in [0.717, 1.165) is 67.3 Å². The first-order valence-corrected chi connectivity index (χ1v) is 10.6. The van der Waals surface area contributed by atoms with Crippen LogP contribution in [0.15, 0.2) is 48.7 Å². The van der Waals surface area contributed by atoms with Gasteiger partial charge in [-0.2, -0.15) is 5.10 Å². The Morgan fingerprint density at radius 1 is 0.933 bits per heavy atom. The van der Waals surface area contributed by atoms with Gasteiger partial charge in [0.25, 0.3) is 0 Å². The van der Waals surface area contributed by atoms with Gasteiger partial charge in [0, 0.05) is 44.5 Å². The van der Waals surface area contributed by atoms with Crippen LogP contribution in [-0.2, 0) is 6.54 Å². The molecule has 0 unspecified atom stereocenters. The fourth-order valence-corrected chi connectivity index (χ4v) is 4.25. The van der Waals surface area contributed by atoms with Gasteiger partial charge in [0.1, 0.15) is 11.4 Å². The van der Waals surface area contributed by atoms with Crippen molar-refractivity contribution in [1.29, 1.82) is 0 Å². The van der Waals surface area contributed by atoms with Crippen molar-refractivity contribution < 1.29 is 0 Å². The number of likely N-dealkylation sites (N-methyl/N-ethyl adjacent to an activating group) is 1. The summed E-state index contributed by atoms with van der Waals surface area (Å²) in [6.07, 6.45) is 1.89. The summed E-state index contributed by atoms with van der Waals surface area (Å²) in [5.74, 6) is 0. The van der Waals surface area contributed by atoms with Crippen LogP contribution in [0.4, 0.5) is 0 Å². The number of aromatic amines is 1. The lowest BCUT2D eigenvalue weighted by Crippen LogP contribution is -2.45. The molecule has 0 spiro atoms. The van der Waals surface area contributed by atoms with E-state index in [4.69, 9.17) is 16.7 Å². The highest BCUT2D eigenvalue weighted by Crippen LogP contribution is 2.36. The summed E-state index contributed by atoms with van der Waals surface area (Å²) in [5, 5.41) is 15.3. The van der Waals surface area contributed by atoms with Crippen LogP contribution in [0.5, 0.6) is 0 Å². The monoisotopic (exact) mass is 421 g/mol. The van der Waals surface area contributed by atoms with Crippen molar-refractivity contribution in [2.24, 2.45) is 0 Å². The van der Waals surface area contributed by atoms with Crippen molar-refractivity contribution >= 4 is 22.6 Å². The maximum atomic E-state index is 6.89. The van der Waals surface area contributed by atoms with Crippen LogP contribution in [0.25, 0.3) is 33.7 Å². The molecular weight excluding hydrogens is 398 g/mol. The molecule has 4 aromatic rings. The highest BCUT2D eigenvalue weighted by Gasteiger charge is 2.22. The number of hydrogen-bond acceptors (Lipinski definition) is 5. The lowest BCUT2D eigenvalue weighted by Gasteiger charge is -2.32. The zero-order valence-electron chi connectivity index (χ0n) is 16.9. The molecule has 0 amide bonds. The molecule has 1 aliphatic rings. The summed E-state index contributed by atoms with van der Waals surface area (Å²) in [5.41, 5.74) is 4.08. The summed E-state index contributed by atoms with van der Waals surface area (Å²) >= 11 is 6.89. The molecule has 0 radical (unpaired) electrons. The summed E-state index contributed by atoms with van der Waals surface area (Å²) in [4.78, 5) is 8.09. The lowest BCUT2D eigenvalue weighted by atomic mass is 10.1. The first-order chi connectivity index (χ1) is 14.7. The van der Waals surface area contributed by atoms with E-state index in [1.54, 1.807) is 0 Å². The largest absolute Gasteiger partial charge is 0.360 e. The van der Waals surface area contributed by atoms with Crippen LogP contribution >= 0.6 is 11.6 Å². The summed E-state index contributed by atoms with van der Waals surface area (Å²) in [6.45, 7) is 6.01. The number of hydrogen-bond donors (Lipinski definition) is 1. The summed E-state index contributed by atoms with van der Waals surface area (Å²) < 4.78 is 1.94. The van der Waals surface area contributed by atoms with E-state index in [0.29, 0.717) is 10.7 Å². The van der Waals surface area contributed by atoms with Crippen LogP contribution in [-0.4, -0.2) is 74.5 Å². The first-order valence-electron chi connectivity index (χ1n) is 10.2. The number of nitrogens with one attached hydrogen (secondary N) is 1. The average molecular weight is 422 g/mol. The van der Waals surface area contributed by atoms with Crippen molar-refractivity contribution in [3.8, 4) is 22.6 Å². The number of piperazine rings is 1. The Kier molecular flexibility index (Phi) is 5.25. The molecule has 1 aliphatic heterocycles. The standard InChI is InChI=1S/C22H24ClN7/c1-28-10-12-29(13-11-28)14-15-30-22-18(21(27-30)17-8-5-9-24-17)19(23)20(25-26-22)16-6-3-2-4-7-16/h2-9,24H,10-15H2,1H3. The maximum absolute atomic E-state index is 6.89. The van der Waals surface area contributed by atoms with Crippen molar-refractivity contribution in [3.63, 3.8) is 0 Å². The molecule has 3 aromatic heterocycles. The van der Waals surface area contributed by atoms with E-state index in [1.807, 2.05) is 53.3 Å². The van der Waals surface area contributed by atoms with E-state index in [1.165, 1.54) is 0 Å². The number of rotatable bonds is 5. The normalized spacial score (nSPS) is 15.8. The Labute approximate surface area is 180 Å². The molecule has 0 bridgehead atoms. The molecule has 1 aromatic carbocycles. The van der Waals surface area contributed by atoms with E-state index < -0.39 is 0 Å². The molecule has 0 saturated carbocycles. The molecule has 1 saturated heterocycles. The Hall–Kier alpha value is -2.74. The van der Waals surface area contributed by atoms with E-state index in [2.05, 4.69) is 32.0 Å². The van der Waals surface area contributed by atoms with Crippen LogP contribution in [0.1, 0.15) is 0 Å². The van der Waals surface area contributed by atoms with Gasteiger partial charge in [-0.25, -0.2) is 4.68 Å². The van der Waals surface area contributed by atoms with Crippen molar-refractivity contribution in [3.05, 3.63) is 53.7 Å². The fraction of sp³-hybridized carbons (Fsp3) is 0.318. The average Bonchev–Trinajstić information content (AvgIpc) is 3.43. The third-order valence-corrected chi connectivity index (χ3v) is 6.09. The SMILES string of the molecule is CN1CCN(CCn2nc(-c3ccc[nH]3)c3c(Cl)c(-c4ccccc4)nnc32)CC1. The zero-order valence-corrected chi connectivity index (χ0v) is 17.7. The molecule has 0 atom stereocenters. The predicted molar refractivity (Wildman–Crippen MR) is 119 cm³/mol. The molecule has 8 heteroatoms. The van der Waals surface area contributed by atoms with Gasteiger partial charge in [0.05, 0.1) is 22.6 Å². The Bertz CT molecular complexity index is 1130. The number of fused-ring (bicyclic) bond motifs is 1. The van der Waals surface area contributed by atoms with Crippen LogP contribution in [0, 0.1) is 0 Å². The van der Waals surface area contributed by atoms with Crippen molar-refractivity contribution in [1.82, 2.24) is 34.8 Å².